The van der Waals surface area contributed by atoms with Crippen LogP contribution in [0.4, 0.5) is 0 Å². The van der Waals surface area contributed by atoms with Crippen molar-refractivity contribution < 1.29 is 9.90 Å². The summed E-state index contributed by atoms with van der Waals surface area (Å²) in [4.78, 5) is 16.0. The molecule has 1 fully saturated rings. The van der Waals surface area contributed by atoms with Crippen molar-refractivity contribution in [3.63, 3.8) is 0 Å². The largest absolute Gasteiger partial charge is 0.478 e. The summed E-state index contributed by atoms with van der Waals surface area (Å²) in [6, 6.07) is 1.71. The van der Waals surface area contributed by atoms with Gasteiger partial charge in [-0.1, -0.05) is 13.8 Å². The molecule has 0 spiro atoms. The highest BCUT2D eigenvalue weighted by Crippen LogP contribution is 2.40. The van der Waals surface area contributed by atoms with E-state index in [4.69, 9.17) is 0 Å². The predicted octanol–water partition coefficient (Wildman–Crippen LogP) is 2.66. The van der Waals surface area contributed by atoms with Gasteiger partial charge in [0.25, 0.3) is 0 Å². The number of nitrogens with zero attached hydrogens (tertiary/aromatic N) is 3. The Labute approximate surface area is 111 Å². The summed E-state index contributed by atoms with van der Waals surface area (Å²) in [5.41, 5.74) is 1.92. The van der Waals surface area contributed by atoms with Gasteiger partial charge in [0, 0.05) is 18.2 Å². The van der Waals surface area contributed by atoms with E-state index in [1.54, 1.807) is 12.3 Å². The van der Waals surface area contributed by atoms with E-state index in [1.807, 2.05) is 4.68 Å². The molecule has 1 saturated carbocycles. The molecule has 2 heterocycles. The van der Waals surface area contributed by atoms with Crippen LogP contribution >= 0.6 is 0 Å². The first-order chi connectivity index (χ1) is 9.06. The Balaban J connectivity index is 2.18. The van der Waals surface area contributed by atoms with Crippen LogP contribution in [0.2, 0.25) is 0 Å². The molecule has 19 heavy (non-hydrogen) atoms. The third-order valence-corrected chi connectivity index (χ3v) is 3.39. The third-order valence-electron chi connectivity index (χ3n) is 3.39. The number of carbonyl (C=O) groups is 1. The van der Waals surface area contributed by atoms with E-state index in [2.05, 4.69) is 23.9 Å². The SMILES string of the molecule is CC(C)Cn1ncc2c(C(=O)O)cc(C3CC3)nc21. The molecule has 0 aromatic carbocycles. The smallest absolute Gasteiger partial charge is 0.336 e. The normalized spacial score (nSPS) is 15.3. The van der Waals surface area contributed by atoms with Crippen LogP contribution in [0.3, 0.4) is 0 Å². The number of carboxylic acids is 1. The van der Waals surface area contributed by atoms with Crippen LogP contribution in [0.25, 0.3) is 11.0 Å². The minimum atomic E-state index is -0.904. The number of hydrogen-bond donors (Lipinski definition) is 1. The number of pyridine rings is 1. The fourth-order valence-corrected chi connectivity index (χ4v) is 2.31. The van der Waals surface area contributed by atoms with Gasteiger partial charge >= 0.3 is 5.97 Å². The minimum absolute atomic E-state index is 0.321. The van der Waals surface area contributed by atoms with Crippen LogP contribution in [0.5, 0.6) is 0 Å². The van der Waals surface area contributed by atoms with Crippen molar-refractivity contribution in [3.8, 4) is 0 Å². The highest BCUT2D eigenvalue weighted by Gasteiger charge is 2.27. The maximum atomic E-state index is 11.4. The molecule has 2 aromatic rings. The summed E-state index contributed by atoms with van der Waals surface area (Å²) in [5, 5.41) is 14.3. The van der Waals surface area contributed by atoms with Gasteiger partial charge in [0.15, 0.2) is 5.65 Å². The Morgan fingerprint density at radius 3 is 2.84 bits per heavy atom. The molecule has 0 saturated heterocycles. The minimum Gasteiger partial charge on any atom is -0.478 e. The van der Waals surface area contributed by atoms with Crippen LogP contribution < -0.4 is 0 Å². The quantitative estimate of drug-likeness (QED) is 0.916. The van der Waals surface area contributed by atoms with Gasteiger partial charge in [-0.05, 0) is 24.8 Å². The molecule has 1 N–H and O–H groups in total. The fourth-order valence-electron chi connectivity index (χ4n) is 2.31. The van der Waals surface area contributed by atoms with Gasteiger partial charge in [-0.15, -0.1) is 0 Å². The van der Waals surface area contributed by atoms with E-state index in [0.29, 0.717) is 28.4 Å². The van der Waals surface area contributed by atoms with Crippen molar-refractivity contribution in [2.45, 2.75) is 39.2 Å². The van der Waals surface area contributed by atoms with E-state index in [0.717, 1.165) is 25.1 Å². The van der Waals surface area contributed by atoms with E-state index < -0.39 is 5.97 Å². The van der Waals surface area contributed by atoms with E-state index >= 15 is 0 Å². The fraction of sp³-hybridized carbons (Fsp3) is 0.500. The van der Waals surface area contributed by atoms with Gasteiger partial charge in [-0.25, -0.2) is 14.5 Å². The molecule has 5 nitrogen and oxygen atoms in total. The van der Waals surface area contributed by atoms with Gasteiger partial charge in [-0.3, -0.25) is 0 Å². The summed E-state index contributed by atoms with van der Waals surface area (Å²) < 4.78 is 1.82. The highest BCUT2D eigenvalue weighted by molar-refractivity contribution is 6.01. The van der Waals surface area contributed by atoms with E-state index in [9.17, 15) is 9.90 Å². The van der Waals surface area contributed by atoms with Crippen molar-refractivity contribution in [2.75, 3.05) is 0 Å². The Morgan fingerprint density at radius 1 is 1.53 bits per heavy atom. The average molecular weight is 259 g/mol. The maximum absolute atomic E-state index is 11.4. The first-order valence-electron chi connectivity index (χ1n) is 6.66. The van der Waals surface area contributed by atoms with E-state index in [-0.39, 0.29) is 0 Å². The number of carboxylic acid groups (broad SMARTS) is 1. The van der Waals surface area contributed by atoms with Crippen molar-refractivity contribution in [1.82, 2.24) is 14.8 Å². The second-order valence-electron chi connectivity index (χ2n) is 5.63. The summed E-state index contributed by atoms with van der Waals surface area (Å²) in [6.45, 7) is 4.97. The zero-order valence-corrected chi connectivity index (χ0v) is 11.1. The van der Waals surface area contributed by atoms with Gasteiger partial charge < -0.3 is 5.11 Å². The lowest BCUT2D eigenvalue weighted by atomic mass is 10.1. The molecule has 0 amide bonds. The van der Waals surface area contributed by atoms with Crippen LogP contribution in [-0.2, 0) is 6.54 Å². The van der Waals surface area contributed by atoms with Crippen LogP contribution in [0.15, 0.2) is 12.3 Å². The van der Waals surface area contributed by atoms with Gasteiger partial charge in [0.1, 0.15) is 0 Å². The second kappa shape index (κ2) is 4.33. The molecule has 0 aliphatic heterocycles. The lowest BCUT2D eigenvalue weighted by molar-refractivity contribution is 0.0699. The lowest BCUT2D eigenvalue weighted by Crippen LogP contribution is -2.08. The number of aromatic carboxylic acids is 1. The highest BCUT2D eigenvalue weighted by atomic mass is 16.4. The summed E-state index contributed by atoms with van der Waals surface area (Å²) >= 11 is 0. The van der Waals surface area contributed by atoms with Crippen molar-refractivity contribution in [1.29, 1.82) is 0 Å². The molecule has 1 aliphatic rings. The molecule has 2 aromatic heterocycles. The zero-order chi connectivity index (χ0) is 13.6. The molecule has 100 valence electrons. The first-order valence-corrected chi connectivity index (χ1v) is 6.66. The van der Waals surface area contributed by atoms with E-state index in [1.165, 1.54) is 0 Å². The molecule has 5 heteroatoms. The molecule has 0 atom stereocenters. The van der Waals surface area contributed by atoms with Gasteiger partial charge in [-0.2, -0.15) is 5.10 Å². The summed E-state index contributed by atoms with van der Waals surface area (Å²) in [5.74, 6) is -0.0222. The number of aromatic nitrogens is 3. The second-order valence-corrected chi connectivity index (χ2v) is 5.63. The molecular weight excluding hydrogens is 242 g/mol. The predicted molar refractivity (Wildman–Crippen MR) is 71.3 cm³/mol. The lowest BCUT2D eigenvalue weighted by Gasteiger charge is -2.08. The van der Waals surface area contributed by atoms with Gasteiger partial charge in [0.2, 0.25) is 0 Å². The molecule has 0 bridgehead atoms. The number of fused-ring (bicyclic) bond motifs is 1. The standard InChI is InChI=1S/C14H17N3O2/c1-8(2)7-17-13-11(6-15-17)10(14(18)19)5-12(16-13)9-3-4-9/h5-6,8-9H,3-4,7H2,1-2H3,(H,18,19). The monoisotopic (exact) mass is 259 g/mol. The third kappa shape index (κ3) is 2.20. The molecule has 0 radical (unpaired) electrons. The topological polar surface area (TPSA) is 68.0 Å². The first kappa shape index (κ1) is 12.1. The van der Waals surface area contributed by atoms with Gasteiger partial charge in [0.05, 0.1) is 17.1 Å². The van der Waals surface area contributed by atoms with Crippen molar-refractivity contribution >= 4 is 17.0 Å². The Bertz CT molecular complexity index is 641. The molecule has 0 unspecified atom stereocenters. The van der Waals surface area contributed by atoms with Crippen LogP contribution in [0.1, 0.15) is 48.7 Å². The molecule has 3 rings (SSSR count). The Morgan fingerprint density at radius 2 is 2.26 bits per heavy atom. The zero-order valence-electron chi connectivity index (χ0n) is 11.1. The Kier molecular flexibility index (Phi) is 2.77. The van der Waals surface area contributed by atoms with Crippen LogP contribution in [-0.4, -0.2) is 25.8 Å². The Hall–Kier alpha value is -1.91. The van der Waals surface area contributed by atoms with Crippen LogP contribution in [0, 0.1) is 5.92 Å². The summed E-state index contributed by atoms with van der Waals surface area (Å²) in [6.07, 6.45) is 3.83. The van der Waals surface area contributed by atoms with Crippen molar-refractivity contribution in [2.24, 2.45) is 5.92 Å². The molecule has 1 aliphatic carbocycles. The number of hydrogen-bond acceptors (Lipinski definition) is 3. The number of rotatable bonds is 4. The maximum Gasteiger partial charge on any atom is 0.336 e. The molecular formula is C14H17N3O2. The average Bonchev–Trinajstić information content (AvgIpc) is 3.12. The van der Waals surface area contributed by atoms with Crippen molar-refractivity contribution in [3.05, 3.63) is 23.5 Å². The summed E-state index contributed by atoms with van der Waals surface area (Å²) in [7, 11) is 0.